The fourth-order valence-corrected chi connectivity index (χ4v) is 4.48. The van der Waals surface area contributed by atoms with Gasteiger partial charge in [0.25, 0.3) is 0 Å². The summed E-state index contributed by atoms with van der Waals surface area (Å²) < 4.78 is 0. The Morgan fingerprint density at radius 2 is 1.85 bits per heavy atom. The molecule has 7 heteroatoms. The summed E-state index contributed by atoms with van der Waals surface area (Å²) in [6.45, 7) is 7.61. The number of nitrogens with zero attached hydrogens (tertiary/aromatic N) is 4. The topological polar surface area (TPSA) is 100 Å². The molecule has 7 nitrogen and oxygen atoms in total. The van der Waals surface area contributed by atoms with Crippen LogP contribution in [0, 0.1) is 0 Å². The summed E-state index contributed by atoms with van der Waals surface area (Å²) in [7, 11) is 0. The number of nitrogens with one attached hydrogen (secondary N) is 1. The molecular weight excluding hydrogens is 412 g/mol. The summed E-state index contributed by atoms with van der Waals surface area (Å²) in [5.74, 6) is 0.833. The molecule has 1 unspecified atom stereocenters. The van der Waals surface area contributed by atoms with E-state index >= 15 is 0 Å². The van der Waals surface area contributed by atoms with Gasteiger partial charge in [0.1, 0.15) is 5.82 Å². The van der Waals surface area contributed by atoms with Crippen molar-refractivity contribution in [1.82, 2.24) is 19.9 Å². The molecule has 3 heterocycles. The van der Waals surface area contributed by atoms with E-state index in [-0.39, 0.29) is 12.6 Å². The van der Waals surface area contributed by atoms with Crippen LogP contribution in [0.3, 0.4) is 0 Å². The summed E-state index contributed by atoms with van der Waals surface area (Å²) in [4.78, 5) is 16.1. The Bertz CT molecular complexity index is 1060. The Labute approximate surface area is 196 Å². The molecule has 0 amide bonds. The van der Waals surface area contributed by atoms with E-state index in [2.05, 4.69) is 56.4 Å². The van der Waals surface area contributed by atoms with Crippen LogP contribution in [0.25, 0.3) is 10.9 Å². The van der Waals surface area contributed by atoms with Gasteiger partial charge in [-0.1, -0.05) is 44.0 Å². The summed E-state index contributed by atoms with van der Waals surface area (Å²) in [5.41, 5.74) is 9.83. The number of anilines is 2. The smallest absolute Gasteiger partial charge is 0.222 e. The van der Waals surface area contributed by atoms with Crippen LogP contribution in [0.2, 0.25) is 0 Å². The minimum Gasteiger partial charge on any atom is -0.394 e. The van der Waals surface area contributed by atoms with Gasteiger partial charge in [-0.25, -0.2) is 4.98 Å². The van der Waals surface area contributed by atoms with Crippen LogP contribution >= 0.6 is 0 Å². The quantitative estimate of drug-likeness (QED) is 0.428. The number of rotatable bonds is 10. The maximum Gasteiger partial charge on any atom is 0.222 e. The minimum absolute atomic E-state index is 0.0116. The lowest BCUT2D eigenvalue weighted by Gasteiger charge is -2.29. The summed E-state index contributed by atoms with van der Waals surface area (Å²) in [5, 5.41) is 14.2. The number of aromatic nitrogens is 3. The van der Waals surface area contributed by atoms with Gasteiger partial charge in [0.15, 0.2) is 0 Å². The third kappa shape index (κ3) is 5.97. The molecule has 2 aromatic heterocycles. The van der Waals surface area contributed by atoms with E-state index in [1.807, 2.05) is 19.2 Å². The molecule has 4 N–H and O–H groups in total. The Morgan fingerprint density at radius 3 is 2.55 bits per heavy atom. The molecule has 3 aromatic rings. The zero-order valence-electron chi connectivity index (χ0n) is 19.8. The number of benzene rings is 1. The van der Waals surface area contributed by atoms with Gasteiger partial charge in [0, 0.05) is 24.9 Å². The highest BCUT2D eigenvalue weighted by Gasteiger charge is 2.24. The van der Waals surface area contributed by atoms with Crippen molar-refractivity contribution in [3.05, 3.63) is 53.3 Å². The van der Waals surface area contributed by atoms with E-state index in [4.69, 9.17) is 5.73 Å². The van der Waals surface area contributed by atoms with Gasteiger partial charge in [0.2, 0.25) is 5.95 Å². The fraction of sp³-hybridized carbons (Fsp3) is 0.500. The first kappa shape index (κ1) is 23.4. The molecule has 1 saturated heterocycles. The second-order valence-electron chi connectivity index (χ2n) is 9.55. The molecule has 33 heavy (non-hydrogen) atoms. The third-order valence-corrected chi connectivity index (χ3v) is 6.52. The Balaban J connectivity index is 1.51. The molecular formula is C26H36N6O. The normalized spacial score (nSPS) is 16.2. The molecule has 1 aliphatic rings. The van der Waals surface area contributed by atoms with Crippen molar-refractivity contribution in [1.29, 1.82) is 0 Å². The second-order valence-corrected chi connectivity index (χ2v) is 9.55. The number of hydrogen-bond acceptors (Lipinski definition) is 7. The van der Waals surface area contributed by atoms with Crippen molar-refractivity contribution in [2.75, 3.05) is 30.7 Å². The predicted molar refractivity (Wildman–Crippen MR) is 134 cm³/mol. The average Bonchev–Trinajstić information content (AvgIpc) is 3.32. The highest BCUT2D eigenvalue weighted by Crippen LogP contribution is 2.27. The average molecular weight is 449 g/mol. The van der Waals surface area contributed by atoms with Crippen molar-refractivity contribution in [2.24, 2.45) is 0 Å². The molecule has 1 atom stereocenters. The van der Waals surface area contributed by atoms with E-state index in [0.717, 1.165) is 48.8 Å². The van der Waals surface area contributed by atoms with Gasteiger partial charge in [-0.3, -0.25) is 9.88 Å². The predicted octanol–water partition coefficient (Wildman–Crippen LogP) is 4.15. The Morgan fingerprint density at radius 1 is 1.12 bits per heavy atom. The monoisotopic (exact) mass is 448 g/mol. The third-order valence-electron chi connectivity index (χ3n) is 6.52. The van der Waals surface area contributed by atoms with Gasteiger partial charge >= 0.3 is 0 Å². The standard InChI is InChI=1S/C26H36N6O/c1-3-4-11-26(2,18-33)31-24-22-16-28-21(15-23(22)29-25(27)30-24)14-19-7-9-20(10-8-19)17-32-12-5-6-13-32/h7-10,15-16,33H,3-6,11-14,17-18H2,1-2H3,(H3,27,29,30,31). The number of likely N-dealkylation sites (tertiary alicyclic amines) is 1. The van der Waals surface area contributed by atoms with Crippen LogP contribution in [0.1, 0.15) is 62.8 Å². The van der Waals surface area contributed by atoms with Crippen molar-refractivity contribution < 1.29 is 5.11 Å². The lowest BCUT2D eigenvalue weighted by Crippen LogP contribution is -2.39. The molecule has 0 spiro atoms. The molecule has 0 radical (unpaired) electrons. The highest BCUT2D eigenvalue weighted by molar-refractivity contribution is 5.89. The molecule has 0 saturated carbocycles. The van der Waals surface area contributed by atoms with Crippen molar-refractivity contribution in [2.45, 2.75) is 64.5 Å². The maximum atomic E-state index is 9.97. The number of fused-ring (bicyclic) bond motifs is 1. The number of hydrogen-bond donors (Lipinski definition) is 3. The number of pyridine rings is 1. The zero-order chi connectivity index (χ0) is 23.3. The maximum absolute atomic E-state index is 9.97. The largest absolute Gasteiger partial charge is 0.394 e. The lowest BCUT2D eigenvalue weighted by molar-refractivity contribution is 0.212. The number of aliphatic hydroxyl groups excluding tert-OH is 1. The Kier molecular flexibility index (Phi) is 7.40. The van der Waals surface area contributed by atoms with Crippen molar-refractivity contribution in [3.63, 3.8) is 0 Å². The van der Waals surface area contributed by atoms with Crippen LogP contribution in [0.15, 0.2) is 36.5 Å². The van der Waals surface area contributed by atoms with Crippen LogP contribution in [0.5, 0.6) is 0 Å². The summed E-state index contributed by atoms with van der Waals surface area (Å²) in [6.07, 6.45) is 8.09. The molecule has 176 valence electrons. The first-order valence-electron chi connectivity index (χ1n) is 12.1. The second kappa shape index (κ2) is 10.4. The molecule has 4 rings (SSSR count). The van der Waals surface area contributed by atoms with E-state index in [9.17, 15) is 5.11 Å². The molecule has 0 aliphatic carbocycles. The summed E-state index contributed by atoms with van der Waals surface area (Å²) >= 11 is 0. The summed E-state index contributed by atoms with van der Waals surface area (Å²) in [6, 6.07) is 10.8. The number of aliphatic hydroxyl groups is 1. The minimum atomic E-state index is -0.473. The number of nitrogens with two attached hydrogens (primary N) is 1. The van der Waals surface area contributed by atoms with E-state index in [1.165, 1.54) is 37.1 Å². The van der Waals surface area contributed by atoms with Gasteiger partial charge in [-0.2, -0.15) is 4.98 Å². The van der Waals surface area contributed by atoms with Gasteiger partial charge < -0.3 is 16.2 Å². The number of unbranched alkanes of at least 4 members (excludes halogenated alkanes) is 1. The molecule has 1 fully saturated rings. The van der Waals surface area contributed by atoms with Crippen LogP contribution in [-0.4, -0.2) is 50.2 Å². The first-order chi connectivity index (χ1) is 16.0. The van der Waals surface area contributed by atoms with E-state index in [0.29, 0.717) is 5.82 Å². The molecule has 1 aliphatic heterocycles. The van der Waals surface area contributed by atoms with Gasteiger partial charge in [0.05, 0.1) is 23.0 Å². The Hall–Kier alpha value is -2.77. The van der Waals surface area contributed by atoms with E-state index < -0.39 is 5.54 Å². The van der Waals surface area contributed by atoms with Crippen molar-refractivity contribution in [3.8, 4) is 0 Å². The zero-order valence-corrected chi connectivity index (χ0v) is 19.8. The van der Waals surface area contributed by atoms with Gasteiger partial charge in [-0.15, -0.1) is 0 Å². The first-order valence-corrected chi connectivity index (χ1v) is 12.1. The van der Waals surface area contributed by atoms with Crippen molar-refractivity contribution >= 4 is 22.7 Å². The van der Waals surface area contributed by atoms with E-state index in [1.54, 1.807) is 0 Å². The number of nitrogen functional groups attached to an aromatic ring is 1. The molecule has 1 aromatic carbocycles. The van der Waals surface area contributed by atoms with Crippen LogP contribution < -0.4 is 11.1 Å². The lowest BCUT2D eigenvalue weighted by atomic mass is 9.95. The van der Waals surface area contributed by atoms with Gasteiger partial charge in [-0.05, 0) is 56.5 Å². The fourth-order valence-electron chi connectivity index (χ4n) is 4.48. The SMILES string of the molecule is CCCCC(C)(CO)Nc1nc(N)nc2cc(Cc3ccc(CN4CCCC4)cc3)ncc12. The van der Waals surface area contributed by atoms with Crippen LogP contribution in [-0.2, 0) is 13.0 Å². The molecule has 0 bridgehead atoms. The van der Waals surface area contributed by atoms with Crippen LogP contribution in [0.4, 0.5) is 11.8 Å². The highest BCUT2D eigenvalue weighted by atomic mass is 16.3.